The van der Waals surface area contributed by atoms with Crippen LogP contribution in [0.25, 0.3) is 0 Å². The third-order valence-electron chi connectivity index (χ3n) is 3.60. The highest BCUT2D eigenvalue weighted by atomic mass is 16.3. The van der Waals surface area contributed by atoms with Gasteiger partial charge in [-0.3, -0.25) is 4.79 Å². The third-order valence-corrected chi connectivity index (χ3v) is 3.60. The molecule has 1 aromatic rings. The predicted octanol–water partition coefficient (Wildman–Crippen LogP) is 1.04. The Balaban J connectivity index is 1.67. The van der Waals surface area contributed by atoms with E-state index in [1.807, 2.05) is 18.2 Å². The first kappa shape index (κ1) is 15.3. The van der Waals surface area contributed by atoms with Gasteiger partial charge in [0.15, 0.2) is 0 Å². The van der Waals surface area contributed by atoms with Crippen LogP contribution in [0.15, 0.2) is 30.3 Å². The Hall–Kier alpha value is -2.08. The van der Waals surface area contributed by atoms with Gasteiger partial charge in [0.25, 0.3) is 0 Å². The molecule has 0 unspecified atom stereocenters. The van der Waals surface area contributed by atoms with Gasteiger partial charge in [0.2, 0.25) is 5.91 Å². The van der Waals surface area contributed by atoms with Crippen LogP contribution in [0, 0.1) is 5.92 Å². The minimum absolute atomic E-state index is 0.0373. The van der Waals surface area contributed by atoms with E-state index in [0.29, 0.717) is 18.2 Å². The molecule has 1 aromatic carbocycles. The maximum absolute atomic E-state index is 11.9. The molecule has 3 amide bonds. The van der Waals surface area contributed by atoms with Gasteiger partial charge in [-0.15, -0.1) is 0 Å². The van der Waals surface area contributed by atoms with Crippen molar-refractivity contribution in [2.24, 2.45) is 5.92 Å². The van der Waals surface area contributed by atoms with Crippen molar-refractivity contribution in [3.63, 3.8) is 0 Å². The van der Waals surface area contributed by atoms with E-state index in [2.05, 4.69) is 10.6 Å². The number of amides is 3. The molecule has 114 valence electrons. The summed E-state index contributed by atoms with van der Waals surface area (Å²) in [5.74, 6) is 0.228. The van der Waals surface area contributed by atoms with Gasteiger partial charge in [-0.1, -0.05) is 18.2 Å². The van der Waals surface area contributed by atoms with Gasteiger partial charge in [-0.2, -0.15) is 0 Å². The zero-order valence-electron chi connectivity index (χ0n) is 12.1. The molecule has 6 heteroatoms. The lowest BCUT2D eigenvalue weighted by molar-refractivity contribution is -0.130. The Kier molecular flexibility index (Phi) is 5.16. The molecule has 21 heavy (non-hydrogen) atoms. The van der Waals surface area contributed by atoms with Crippen molar-refractivity contribution in [2.75, 3.05) is 25.5 Å². The topological polar surface area (TPSA) is 81.7 Å². The first-order chi connectivity index (χ1) is 10.0. The number of aliphatic hydroxyl groups excluding tert-OH is 1. The number of carbonyl (C=O) groups excluding carboxylic acids is 2. The number of rotatable bonds is 5. The van der Waals surface area contributed by atoms with E-state index in [0.717, 1.165) is 12.8 Å². The summed E-state index contributed by atoms with van der Waals surface area (Å²) in [6.45, 7) is 0.586. The van der Waals surface area contributed by atoms with Gasteiger partial charge in [0, 0.05) is 19.3 Å². The van der Waals surface area contributed by atoms with Crippen molar-refractivity contribution in [1.29, 1.82) is 0 Å². The van der Waals surface area contributed by atoms with Gasteiger partial charge in [-0.25, -0.2) is 4.79 Å². The fourth-order valence-corrected chi connectivity index (χ4v) is 2.33. The maximum Gasteiger partial charge on any atom is 0.319 e. The maximum atomic E-state index is 11.9. The zero-order chi connectivity index (χ0) is 15.2. The molecule has 0 aromatic heterocycles. The van der Waals surface area contributed by atoms with Gasteiger partial charge in [0.05, 0.1) is 12.6 Å². The SMILES string of the molecule is CN(CC1CC(O)C1)C(=O)CNC(=O)Nc1ccccc1. The number of aliphatic hydroxyl groups is 1. The summed E-state index contributed by atoms with van der Waals surface area (Å²) in [6, 6.07) is 8.65. The molecular formula is C15H21N3O3. The molecule has 0 atom stereocenters. The minimum Gasteiger partial charge on any atom is -0.393 e. The zero-order valence-corrected chi connectivity index (χ0v) is 12.1. The number of urea groups is 1. The molecule has 0 bridgehead atoms. The molecule has 1 saturated carbocycles. The van der Waals surface area contributed by atoms with E-state index in [4.69, 9.17) is 0 Å². The lowest BCUT2D eigenvalue weighted by Gasteiger charge is -2.34. The Bertz CT molecular complexity index is 486. The Morgan fingerprint density at radius 3 is 2.57 bits per heavy atom. The second kappa shape index (κ2) is 7.08. The fraction of sp³-hybridized carbons (Fsp3) is 0.467. The highest BCUT2D eigenvalue weighted by Gasteiger charge is 2.28. The third kappa shape index (κ3) is 4.75. The second-order valence-corrected chi connectivity index (χ2v) is 5.44. The van der Waals surface area contributed by atoms with E-state index in [9.17, 15) is 14.7 Å². The van der Waals surface area contributed by atoms with Crippen LogP contribution in [0.4, 0.5) is 10.5 Å². The van der Waals surface area contributed by atoms with Crippen LogP contribution in [0.1, 0.15) is 12.8 Å². The average molecular weight is 291 g/mol. The van der Waals surface area contributed by atoms with Crippen LogP contribution in [0.3, 0.4) is 0 Å². The van der Waals surface area contributed by atoms with E-state index in [1.54, 1.807) is 24.1 Å². The van der Waals surface area contributed by atoms with Gasteiger partial charge in [0.1, 0.15) is 0 Å². The van der Waals surface area contributed by atoms with E-state index in [1.165, 1.54) is 0 Å². The minimum atomic E-state index is -0.401. The number of likely N-dealkylation sites (N-methyl/N-ethyl adjacent to an activating group) is 1. The van der Waals surface area contributed by atoms with Gasteiger partial charge in [-0.05, 0) is 30.9 Å². The summed E-state index contributed by atoms with van der Waals surface area (Å²) in [7, 11) is 1.71. The number of para-hydroxylation sites is 1. The van der Waals surface area contributed by atoms with Crippen molar-refractivity contribution in [1.82, 2.24) is 10.2 Å². The molecular weight excluding hydrogens is 270 g/mol. The smallest absolute Gasteiger partial charge is 0.319 e. The van der Waals surface area contributed by atoms with Crippen LogP contribution in [-0.4, -0.2) is 48.2 Å². The molecule has 3 N–H and O–H groups in total. The summed E-state index contributed by atoms with van der Waals surface area (Å²) in [6.07, 6.45) is 1.28. The molecule has 0 heterocycles. The summed E-state index contributed by atoms with van der Waals surface area (Å²) >= 11 is 0. The normalized spacial score (nSPS) is 20.3. The molecule has 0 saturated heterocycles. The highest BCUT2D eigenvalue weighted by Crippen LogP contribution is 2.27. The van der Waals surface area contributed by atoms with Crippen molar-refractivity contribution in [2.45, 2.75) is 18.9 Å². The van der Waals surface area contributed by atoms with Crippen LogP contribution in [-0.2, 0) is 4.79 Å². The average Bonchev–Trinajstić information content (AvgIpc) is 2.44. The molecule has 0 radical (unpaired) electrons. The quantitative estimate of drug-likeness (QED) is 0.758. The van der Waals surface area contributed by atoms with Crippen LogP contribution >= 0.6 is 0 Å². The number of hydrogen-bond donors (Lipinski definition) is 3. The Morgan fingerprint density at radius 2 is 1.95 bits per heavy atom. The molecule has 6 nitrogen and oxygen atoms in total. The van der Waals surface area contributed by atoms with Crippen LogP contribution < -0.4 is 10.6 Å². The summed E-state index contributed by atoms with van der Waals surface area (Å²) in [5.41, 5.74) is 0.680. The predicted molar refractivity (Wildman–Crippen MR) is 79.8 cm³/mol. The van der Waals surface area contributed by atoms with E-state index >= 15 is 0 Å². The monoisotopic (exact) mass is 291 g/mol. The number of benzene rings is 1. The van der Waals surface area contributed by atoms with Crippen LogP contribution in [0.5, 0.6) is 0 Å². The number of carbonyl (C=O) groups is 2. The summed E-state index contributed by atoms with van der Waals surface area (Å²) in [4.78, 5) is 25.1. The standard InChI is InChI=1S/C15H21N3O3/c1-18(10-11-7-13(19)8-11)14(20)9-16-15(21)17-12-5-3-2-4-6-12/h2-6,11,13,19H,7-10H2,1H3,(H2,16,17,21). The van der Waals surface area contributed by atoms with Crippen molar-refractivity contribution < 1.29 is 14.7 Å². The number of nitrogens with zero attached hydrogens (tertiary/aromatic N) is 1. The van der Waals surface area contributed by atoms with Gasteiger partial charge >= 0.3 is 6.03 Å². The molecule has 1 aliphatic carbocycles. The number of anilines is 1. The lowest BCUT2D eigenvalue weighted by Crippen LogP contribution is -2.44. The second-order valence-electron chi connectivity index (χ2n) is 5.44. The lowest BCUT2D eigenvalue weighted by atomic mass is 9.82. The van der Waals surface area contributed by atoms with Crippen molar-refractivity contribution >= 4 is 17.6 Å². The number of hydrogen-bond acceptors (Lipinski definition) is 3. The summed E-state index contributed by atoms with van der Waals surface area (Å²) < 4.78 is 0. The summed E-state index contributed by atoms with van der Waals surface area (Å²) in [5, 5.41) is 14.4. The van der Waals surface area contributed by atoms with E-state index in [-0.39, 0.29) is 18.6 Å². The largest absolute Gasteiger partial charge is 0.393 e. The molecule has 1 aliphatic rings. The first-order valence-corrected chi connectivity index (χ1v) is 7.06. The Morgan fingerprint density at radius 1 is 1.29 bits per heavy atom. The molecule has 1 fully saturated rings. The van der Waals surface area contributed by atoms with E-state index < -0.39 is 6.03 Å². The molecule has 0 spiro atoms. The van der Waals surface area contributed by atoms with Crippen molar-refractivity contribution in [3.8, 4) is 0 Å². The van der Waals surface area contributed by atoms with Crippen LogP contribution in [0.2, 0.25) is 0 Å². The van der Waals surface area contributed by atoms with Gasteiger partial charge < -0.3 is 20.6 Å². The molecule has 2 rings (SSSR count). The first-order valence-electron chi connectivity index (χ1n) is 7.06. The molecule has 0 aliphatic heterocycles. The number of nitrogens with one attached hydrogen (secondary N) is 2. The van der Waals surface area contributed by atoms with Crippen molar-refractivity contribution in [3.05, 3.63) is 30.3 Å². The fourth-order valence-electron chi connectivity index (χ4n) is 2.33. The Labute approximate surface area is 124 Å². The highest BCUT2D eigenvalue weighted by molar-refractivity contribution is 5.92.